The van der Waals surface area contributed by atoms with Gasteiger partial charge in [-0.05, 0) is 24.7 Å². The molecule has 0 amide bonds. The summed E-state index contributed by atoms with van der Waals surface area (Å²) < 4.78 is 0. The average molecular weight is 238 g/mol. The van der Waals surface area contributed by atoms with Gasteiger partial charge in [0.15, 0.2) is 0 Å². The van der Waals surface area contributed by atoms with E-state index in [1.54, 1.807) is 18.8 Å². The van der Waals surface area contributed by atoms with Crippen LogP contribution in [0.15, 0.2) is 23.1 Å². The lowest BCUT2D eigenvalue weighted by atomic mass is 10.1. The third-order valence-corrected chi connectivity index (χ3v) is 3.62. The van der Waals surface area contributed by atoms with Crippen molar-refractivity contribution in [1.29, 1.82) is 0 Å². The predicted molar refractivity (Wildman–Crippen MR) is 65.1 cm³/mol. The topological polar surface area (TPSA) is 61.4 Å². The van der Waals surface area contributed by atoms with Crippen LogP contribution < -0.4 is 10.6 Å². The second-order valence-corrected chi connectivity index (χ2v) is 4.73. The Morgan fingerprint density at radius 2 is 2.44 bits per heavy atom. The van der Waals surface area contributed by atoms with Gasteiger partial charge in [0.25, 0.3) is 0 Å². The van der Waals surface area contributed by atoms with E-state index in [0.29, 0.717) is 0 Å². The molecule has 1 aliphatic rings. The number of likely N-dealkylation sites (N-methyl/N-ethyl adjacent to an activating group) is 1. The highest BCUT2D eigenvalue weighted by Gasteiger charge is 2.19. The molecule has 0 fully saturated rings. The molecular weight excluding hydrogens is 224 g/mol. The van der Waals surface area contributed by atoms with Crippen LogP contribution in [0.1, 0.15) is 11.6 Å². The molecule has 1 unspecified atom stereocenters. The smallest absolute Gasteiger partial charge is 0.325 e. The summed E-state index contributed by atoms with van der Waals surface area (Å²) in [4.78, 5) is 12.2. The molecule has 16 heavy (non-hydrogen) atoms. The van der Waals surface area contributed by atoms with Crippen molar-refractivity contribution in [2.75, 3.05) is 24.7 Å². The number of carboxylic acid groups (broad SMARTS) is 1. The molecule has 2 rings (SSSR count). The number of carbonyl (C=O) groups is 1. The molecule has 0 radical (unpaired) electrons. The van der Waals surface area contributed by atoms with Crippen LogP contribution in [0.5, 0.6) is 0 Å². The van der Waals surface area contributed by atoms with Gasteiger partial charge in [0.05, 0.1) is 0 Å². The summed E-state index contributed by atoms with van der Waals surface area (Å²) in [5, 5.41) is 15.1. The van der Waals surface area contributed by atoms with Crippen molar-refractivity contribution in [2.24, 2.45) is 0 Å². The summed E-state index contributed by atoms with van der Waals surface area (Å²) in [5.41, 5.74) is 1.82. The lowest BCUT2D eigenvalue weighted by Gasteiger charge is -2.20. The van der Waals surface area contributed by atoms with Crippen molar-refractivity contribution in [3.8, 4) is 0 Å². The molecule has 1 aromatic rings. The van der Waals surface area contributed by atoms with Gasteiger partial charge in [-0.3, -0.25) is 4.79 Å². The number of benzene rings is 1. The van der Waals surface area contributed by atoms with Crippen molar-refractivity contribution >= 4 is 23.4 Å². The fraction of sp³-hybridized carbons (Fsp3) is 0.364. The van der Waals surface area contributed by atoms with E-state index >= 15 is 0 Å². The van der Waals surface area contributed by atoms with Crippen molar-refractivity contribution in [3.05, 3.63) is 23.8 Å². The second kappa shape index (κ2) is 4.76. The van der Waals surface area contributed by atoms with Crippen LogP contribution in [0.3, 0.4) is 0 Å². The highest BCUT2D eigenvalue weighted by atomic mass is 32.2. The molecule has 0 aliphatic carbocycles. The first-order valence-corrected chi connectivity index (χ1v) is 6.11. The number of hydrogen-bond acceptors (Lipinski definition) is 4. The van der Waals surface area contributed by atoms with Crippen molar-refractivity contribution < 1.29 is 9.90 Å². The van der Waals surface area contributed by atoms with Crippen LogP contribution in [-0.2, 0) is 4.79 Å². The number of thioether (sulfide) groups is 1. The van der Waals surface area contributed by atoms with E-state index in [9.17, 15) is 4.79 Å². The summed E-state index contributed by atoms with van der Waals surface area (Å²) in [6, 6.07) is 5.12. The maximum atomic E-state index is 11.0. The Balaban J connectivity index is 2.32. The zero-order chi connectivity index (χ0) is 11.5. The largest absolute Gasteiger partial charge is 0.480 e. The van der Waals surface area contributed by atoms with E-state index in [4.69, 9.17) is 5.11 Å². The monoisotopic (exact) mass is 238 g/mol. The first-order valence-electron chi connectivity index (χ1n) is 5.13. The van der Waals surface area contributed by atoms with Crippen LogP contribution >= 0.6 is 11.8 Å². The minimum absolute atomic E-state index is 0.640. The van der Waals surface area contributed by atoms with Crippen LogP contribution in [-0.4, -0.2) is 30.4 Å². The zero-order valence-corrected chi connectivity index (χ0v) is 9.80. The van der Waals surface area contributed by atoms with Crippen LogP contribution in [0.4, 0.5) is 5.69 Å². The molecule has 0 saturated heterocycles. The van der Waals surface area contributed by atoms with Gasteiger partial charge in [0.2, 0.25) is 0 Å². The number of rotatable bonds is 3. The molecule has 0 bridgehead atoms. The highest BCUT2D eigenvalue weighted by Crippen LogP contribution is 2.32. The molecule has 0 spiro atoms. The van der Waals surface area contributed by atoms with Gasteiger partial charge in [-0.15, -0.1) is 11.8 Å². The first-order chi connectivity index (χ1) is 7.72. The fourth-order valence-electron chi connectivity index (χ4n) is 1.77. The summed E-state index contributed by atoms with van der Waals surface area (Å²) >= 11 is 1.79. The molecule has 0 saturated carbocycles. The normalized spacial score (nSPS) is 16.1. The highest BCUT2D eigenvalue weighted by molar-refractivity contribution is 7.99. The molecule has 1 aromatic carbocycles. The van der Waals surface area contributed by atoms with Crippen LogP contribution in [0.25, 0.3) is 0 Å². The summed E-state index contributed by atoms with van der Waals surface area (Å²) in [7, 11) is 1.65. The summed E-state index contributed by atoms with van der Waals surface area (Å²) in [6.07, 6.45) is 0. The van der Waals surface area contributed by atoms with Crippen LogP contribution in [0.2, 0.25) is 0 Å². The van der Waals surface area contributed by atoms with Gasteiger partial charge >= 0.3 is 5.97 Å². The molecule has 3 N–H and O–H groups in total. The van der Waals surface area contributed by atoms with Crippen molar-refractivity contribution in [2.45, 2.75) is 10.9 Å². The minimum atomic E-state index is -0.856. The Morgan fingerprint density at radius 1 is 1.62 bits per heavy atom. The van der Waals surface area contributed by atoms with E-state index in [1.165, 1.54) is 4.90 Å². The lowest BCUT2D eigenvalue weighted by Crippen LogP contribution is -2.25. The molecule has 5 heteroatoms. The molecule has 4 nitrogen and oxygen atoms in total. The average Bonchev–Trinajstić information content (AvgIpc) is 2.29. The summed E-state index contributed by atoms with van der Waals surface area (Å²) in [6.45, 7) is 0.929. The molecule has 1 atom stereocenters. The third-order valence-electron chi connectivity index (χ3n) is 2.55. The number of carboxylic acids is 1. The van der Waals surface area contributed by atoms with E-state index in [1.807, 2.05) is 18.2 Å². The quantitative estimate of drug-likeness (QED) is 0.746. The van der Waals surface area contributed by atoms with Gasteiger partial charge in [-0.1, -0.05) is 6.07 Å². The van der Waals surface area contributed by atoms with Gasteiger partial charge in [-0.2, -0.15) is 0 Å². The van der Waals surface area contributed by atoms with Crippen molar-refractivity contribution in [1.82, 2.24) is 5.32 Å². The van der Waals surface area contributed by atoms with Gasteiger partial charge in [0.1, 0.15) is 6.04 Å². The molecule has 1 aliphatic heterocycles. The van der Waals surface area contributed by atoms with Crippen LogP contribution in [0, 0.1) is 0 Å². The second-order valence-electron chi connectivity index (χ2n) is 3.59. The Kier molecular flexibility index (Phi) is 3.36. The molecular formula is C11H14N2O2S. The van der Waals surface area contributed by atoms with Gasteiger partial charge < -0.3 is 15.7 Å². The zero-order valence-electron chi connectivity index (χ0n) is 8.99. The number of aliphatic carboxylic acids is 1. The van der Waals surface area contributed by atoms with Gasteiger partial charge in [-0.25, -0.2) is 0 Å². The first kappa shape index (κ1) is 11.3. The third kappa shape index (κ3) is 2.15. The maximum Gasteiger partial charge on any atom is 0.325 e. The Bertz CT molecular complexity index is 409. The Morgan fingerprint density at radius 3 is 3.12 bits per heavy atom. The molecule has 1 heterocycles. The van der Waals surface area contributed by atoms with Gasteiger partial charge in [0, 0.05) is 22.9 Å². The summed E-state index contributed by atoms with van der Waals surface area (Å²) in [5.74, 6) is 0.201. The number of nitrogens with one attached hydrogen (secondary N) is 2. The van der Waals surface area contributed by atoms with E-state index in [0.717, 1.165) is 23.5 Å². The SMILES string of the molecule is CNC(C(=O)O)c1ccc2c(c1)NCCS2. The Hall–Kier alpha value is -1.20. The molecule has 86 valence electrons. The van der Waals surface area contributed by atoms with E-state index in [2.05, 4.69) is 10.6 Å². The van der Waals surface area contributed by atoms with Crippen molar-refractivity contribution in [3.63, 3.8) is 0 Å². The fourth-order valence-corrected chi connectivity index (χ4v) is 2.65. The maximum absolute atomic E-state index is 11.0. The minimum Gasteiger partial charge on any atom is -0.480 e. The predicted octanol–water partition coefficient (Wildman–Crippen LogP) is 1.55. The number of anilines is 1. The van der Waals surface area contributed by atoms with E-state index < -0.39 is 12.0 Å². The standard InChI is InChI=1S/C11H14N2O2S/c1-12-10(11(14)15)7-2-3-9-8(6-7)13-4-5-16-9/h2-3,6,10,12-13H,4-5H2,1H3,(H,14,15). The number of fused-ring (bicyclic) bond motifs is 1. The Labute approximate surface area is 98.4 Å². The van der Waals surface area contributed by atoms with E-state index in [-0.39, 0.29) is 0 Å². The number of hydrogen-bond donors (Lipinski definition) is 3. The lowest BCUT2D eigenvalue weighted by molar-refractivity contribution is -0.139. The molecule has 0 aromatic heterocycles.